The van der Waals surface area contributed by atoms with Crippen molar-refractivity contribution in [1.29, 1.82) is 0 Å². The molecule has 136 valence electrons. The fourth-order valence-electron chi connectivity index (χ4n) is 3.59. The van der Waals surface area contributed by atoms with Crippen LogP contribution in [-0.2, 0) is 9.53 Å². The second-order valence-corrected chi connectivity index (χ2v) is 6.81. The SMILES string of the molecule is NC(C(=O)N1CCCN(C(=O)c2ccccc2)CC1)C1CCOCC1. The first-order valence-corrected chi connectivity index (χ1v) is 9.13. The van der Waals surface area contributed by atoms with Gasteiger partial charge in [0.25, 0.3) is 5.91 Å². The van der Waals surface area contributed by atoms with Gasteiger partial charge in [-0.2, -0.15) is 0 Å². The summed E-state index contributed by atoms with van der Waals surface area (Å²) in [5, 5.41) is 0. The van der Waals surface area contributed by atoms with Crippen LogP contribution < -0.4 is 5.73 Å². The Bertz CT molecular complexity index is 587. The van der Waals surface area contributed by atoms with Gasteiger partial charge < -0.3 is 20.3 Å². The Labute approximate surface area is 148 Å². The van der Waals surface area contributed by atoms with E-state index >= 15 is 0 Å². The van der Waals surface area contributed by atoms with Crippen LogP contribution in [0.2, 0.25) is 0 Å². The zero-order chi connectivity index (χ0) is 17.6. The van der Waals surface area contributed by atoms with Gasteiger partial charge in [0.05, 0.1) is 6.04 Å². The van der Waals surface area contributed by atoms with E-state index in [1.54, 1.807) is 0 Å². The van der Waals surface area contributed by atoms with E-state index in [-0.39, 0.29) is 17.7 Å². The number of benzene rings is 1. The minimum Gasteiger partial charge on any atom is -0.381 e. The summed E-state index contributed by atoms with van der Waals surface area (Å²) < 4.78 is 5.35. The van der Waals surface area contributed by atoms with Crippen molar-refractivity contribution in [3.8, 4) is 0 Å². The molecule has 2 aliphatic rings. The number of hydrogen-bond acceptors (Lipinski definition) is 4. The van der Waals surface area contributed by atoms with Crippen LogP contribution in [0.15, 0.2) is 30.3 Å². The van der Waals surface area contributed by atoms with Crippen LogP contribution in [0, 0.1) is 5.92 Å². The number of amides is 2. The van der Waals surface area contributed by atoms with Crippen LogP contribution in [0.3, 0.4) is 0 Å². The maximum absolute atomic E-state index is 12.8. The molecule has 3 rings (SSSR count). The average Bonchev–Trinajstić information content (AvgIpc) is 2.94. The van der Waals surface area contributed by atoms with Crippen molar-refractivity contribution in [2.45, 2.75) is 25.3 Å². The monoisotopic (exact) mass is 345 g/mol. The third-order valence-corrected chi connectivity index (χ3v) is 5.17. The van der Waals surface area contributed by atoms with E-state index in [0.29, 0.717) is 45.0 Å². The summed E-state index contributed by atoms with van der Waals surface area (Å²) >= 11 is 0. The van der Waals surface area contributed by atoms with Crippen molar-refractivity contribution in [1.82, 2.24) is 9.80 Å². The standard InChI is InChI=1S/C19H27N3O3/c20-17(15-7-13-25-14-8-15)19(24)22-10-4-9-21(11-12-22)18(23)16-5-2-1-3-6-16/h1-3,5-6,15,17H,4,7-14,20H2. The summed E-state index contributed by atoms with van der Waals surface area (Å²) in [6.45, 7) is 3.81. The highest BCUT2D eigenvalue weighted by Crippen LogP contribution is 2.19. The summed E-state index contributed by atoms with van der Waals surface area (Å²) in [5.74, 6) is 0.246. The number of nitrogens with zero attached hydrogens (tertiary/aromatic N) is 2. The predicted molar refractivity (Wildman–Crippen MR) is 95.1 cm³/mol. The quantitative estimate of drug-likeness (QED) is 0.891. The highest BCUT2D eigenvalue weighted by molar-refractivity contribution is 5.94. The van der Waals surface area contributed by atoms with Crippen LogP contribution in [0.5, 0.6) is 0 Å². The molecule has 25 heavy (non-hydrogen) atoms. The molecule has 1 aromatic rings. The Kier molecular flexibility index (Phi) is 6.04. The van der Waals surface area contributed by atoms with Crippen LogP contribution in [0.1, 0.15) is 29.6 Å². The van der Waals surface area contributed by atoms with Gasteiger partial charge in [-0.1, -0.05) is 18.2 Å². The van der Waals surface area contributed by atoms with Crippen LogP contribution in [0.25, 0.3) is 0 Å². The maximum Gasteiger partial charge on any atom is 0.253 e. The van der Waals surface area contributed by atoms with Gasteiger partial charge >= 0.3 is 0 Å². The normalized spacial score (nSPS) is 20.8. The number of ether oxygens (including phenoxy) is 1. The van der Waals surface area contributed by atoms with Crippen molar-refractivity contribution in [2.75, 3.05) is 39.4 Å². The molecule has 2 heterocycles. The first-order valence-electron chi connectivity index (χ1n) is 9.13. The molecule has 6 nitrogen and oxygen atoms in total. The second-order valence-electron chi connectivity index (χ2n) is 6.81. The Morgan fingerprint density at radius 3 is 2.36 bits per heavy atom. The van der Waals surface area contributed by atoms with E-state index < -0.39 is 6.04 Å². The molecule has 0 radical (unpaired) electrons. The number of nitrogens with two attached hydrogens (primary N) is 1. The second kappa shape index (κ2) is 8.45. The Hall–Kier alpha value is -1.92. The summed E-state index contributed by atoms with van der Waals surface area (Å²) in [5.41, 5.74) is 6.93. The molecule has 6 heteroatoms. The molecule has 0 saturated carbocycles. The minimum atomic E-state index is -0.458. The molecule has 1 atom stereocenters. The van der Waals surface area contributed by atoms with Gasteiger partial charge in [-0.05, 0) is 37.3 Å². The maximum atomic E-state index is 12.8. The Morgan fingerprint density at radius 2 is 1.64 bits per heavy atom. The van der Waals surface area contributed by atoms with Crippen molar-refractivity contribution >= 4 is 11.8 Å². The molecule has 2 amide bonds. The molecule has 2 saturated heterocycles. The van der Waals surface area contributed by atoms with Crippen molar-refractivity contribution < 1.29 is 14.3 Å². The number of carbonyl (C=O) groups excluding carboxylic acids is 2. The first kappa shape index (κ1) is 17.9. The Morgan fingerprint density at radius 1 is 1.00 bits per heavy atom. The van der Waals surface area contributed by atoms with Gasteiger partial charge in [-0.25, -0.2) is 0 Å². The van der Waals surface area contributed by atoms with Crippen LogP contribution in [0.4, 0.5) is 0 Å². The van der Waals surface area contributed by atoms with Gasteiger partial charge in [0, 0.05) is 45.0 Å². The highest BCUT2D eigenvalue weighted by Gasteiger charge is 2.31. The van der Waals surface area contributed by atoms with E-state index in [9.17, 15) is 9.59 Å². The zero-order valence-electron chi connectivity index (χ0n) is 14.6. The smallest absolute Gasteiger partial charge is 0.253 e. The van der Waals surface area contributed by atoms with Gasteiger partial charge in [0.2, 0.25) is 5.91 Å². The van der Waals surface area contributed by atoms with E-state index in [0.717, 1.165) is 19.3 Å². The lowest BCUT2D eigenvalue weighted by molar-refractivity contribution is -0.134. The fourth-order valence-corrected chi connectivity index (χ4v) is 3.59. The summed E-state index contributed by atoms with van der Waals surface area (Å²) in [6, 6.07) is 8.84. The minimum absolute atomic E-state index is 0.0147. The summed E-state index contributed by atoms with van der Waals surface area (Å²) in [4.78, 5) is 29.0. The lowest BCUT2D eigenvalue weighted by atomic mass is 9.91. The van der Waals surface area contributed by atoms with Crippen molar-refractivity contribution in [3.05, 3.63) is 35.9 Å². The van der Waals surface area contributed by atoms with Gasteiger partial charge in [0.1, 0.15) is 0 Å². The average molecular weight is 345 g/mol. The summed E-state index contributed by atoms with van der Waals surface area (Å²) in [7, 11) is 0. The lowest BCUT2D eigenvalue weighted by Crippen LogP contribution is -2.50. The molecule has 2 aliphatic heterocycles. The van der Waals surface area contributed by atoms with Crippen LogP contribution >= 0.6 is 0 Å². The van der Waals surface area contributed by atoms with E-state index in [2.05, 4.69) is 0 Å². The predicted octanol–water partition coefficient (Wildman–Crippen LogP) is 1.11. The first-order chi connectivity index (χ1) is 12.2. The molecular weight excluding hydrogens is 318 g/mol. The number of carbonyl (C=O) groups is 2. The lowest BCUT2D eigenvalue weighted by Gasteiger charge is -2.31. The highest BCUT2D eigenvalue weighted by atomic mass is 16.5. The molecule has 0 bridgehead atoms. The molecule has 0 aromatic heterocycles. The third kappa shape index (κ3) is 4.38. The molecule has 2 fully saturated rings. The molecule has 0 aliphatic carbocycles. The Balaban J connectivity index is 1.57. The molecule has 0 spiro atoms. The molecule has 1 aromatic carbocycles. The van der Waals surface area contributed by atoms with E-state index in [1.165, 1.54) is 0 Å². The molecular formula is C19H27N3O3. The van der Waals surface area contributed by atoms with Gasteiger partial charge in [-0.15, -0.1) is 0 Å². The van der Waals surface area contributed by atoms with Crippen LogP contribution in [-0.4, -0.2) is 67.0 Å². The molecule has 2 N–H and O–H groups in total. The number of rotatable bonds is 3. The fraction of sp³-hybridized carbons (Fsp3) is 0.579. The largest absolute Gasteiger partial charge is 0.381 e. The van der Waals surface area contributed by atoms with Gasteiger partial charge in [0.15, 0.2) is 0 Å². The van der Waals surface area contributed by atoms with E-state index in [4.69, 9.17) is 10.5 Å². The topological polar surface area (TPSA) is 75.9 Å². The molecule has 1 unspecified atom stereocenters. The van der Waals surface area contributed by atoms with Crippen molar-refractivity contribution in [3.63, 3.8) is 0 Å². The van der Waals surface area contributed by atoms with Gasteiger partial charge in [-0.3, -0.25) is 9.59 Å². The number of hydrogen-bond donors (Lipinski definition) is 1. The van der Waals surface area contributed by atoms with Crippen molar-refractivity contribution in [2.24, 2.45) is 11.7 Å². The third-order valence-electron chi connectivity index (χ3n) is 5.17. The summed E-state index contributed by atoms with van der Waals surface area (Å²) in [6.07, 6.45) is 2.48. The van der Waals surface area contributed by atoms with E-state index in [1.807, 2.05) is 40.1 Å². The zero-order valence-corrected chi connectivity index (χ0v) is 14.6.